The number of esters is 2. The van der Waals surface area contributed by atoms with Crippen LogP contribution in [0.4, 0.5) is 0 Å². The molecule has 0 aliphatic rings. The maximum absolute atomic E-state index is 12.6. The standard InChI is InChI=1S/C53H102O5/c1-4-7-10-13-15-17-19-21-23-25-26-27-29-31-33-35-37-39-42-45-48-56-49-51(58-53(55)47-44-40-12-9-6-3)50-57-52(54)46-43-41-38-36-34-32-30-28-24-22-20-18-16-14-11-8-5-2/h22,24,51H,4-21,23,25-50H2,1-3H3/b24-22-. The van der Waals surface area contributed by atoms with Crippen LogP contribution in [0.2, 0.25) is 0 Å². The van der Waals surface area contributed by atoms with E-state index in [9.17, 15) is 9.59 Å². The minimum Gasteiger partial charge on any atom is -0.462 e. The normalized spacial score (nSPS) is 12.1. The lowest BCUT2D eigenvalue weighted by Crippen LogP contribution is -2.30. The zero-order valence-electron chi connectivity index (χ0n) is 39.6. The SMILES string of the molecule is CCCCCCCC/C=C\CCCCCCCCCC(=O)OCC(COCCCCCCCCCCCCCCCCCCCCCC)OC(=O)CCCCCCC. The van der Waals surface area contributed by atoms with Crippen molar-refractivity contribution in [3.8, 4) is 0 Å². The van der Waals surface area contributed by atoms with E-state index >= 15 is 0 Å². The summed E-state index contributed by atoms with van der Waals surface area (Å²) >= 11 is 0. The molecule has 0 aromatic heterocycles. The Morgan fingerprint density at radius 1 is 0.362 bits per heavy atom. The highest BCUT2D eigenvalue weighted by atomic mass is 16.6. The fraction of sp³-hybridized carbons (Fsp3) is 0.925. The van der Waals surface area contributed by atoms with Crippen molar-refractivity contribution >= 4 is 11.9 Å². The van der Waals surface area contributed by atoms with Gasteiger partial charge in [0.05, 0.1) is 6.61 Å². The minimum absolute atomic E-state index is 0.0903. The summed E-state index contributed by atoms with van der Waals surface area (Å²) in [5, 5.41) is 0. The zero-order chi connectivity index (χ0) is 42.1. The topological polar surface area (TPSA) is 61.8 Å². The molecule has 58 heavy (non-hydrogen) atoms. The minimum atomic E-state index is -0.525. The van der Waals surface area contributed by atoms with Gasteiger partial charge in [0.15, 0.2) is 6.10 Å². The molecule has 0 aliphatic carbocycles. The summed E-state index contributed by atoms with van der Waals surface area (Å²) in [7, 11) is 0. The van der Waals surface area contributed by atoms with Crippen molar-refractivity contribution in [2.24, 2.45) is 0 Å². The predicted octanol–water partition coefficient (Wildman–Crippen LogP) is 17.5. The predicted molar refractivity (Wildman–Crippen MR) is 252 cm³/mol. The van der Waals surface area contributed by atoms with Gasteiger partial charge in [-0.15, -0.1) is 0 Å². The number of carbonyl (C=O) groups is 2. The Morgan fingerprint density at radius 3 is 1.05 bits per heavy atom. The first kappa shape index (κ1) is 56.6. The van der Waals surface area contributed by atoms with Gasteiger partial charge in [-0.3, -0.25) is 9.59 Å². The van der Waals surface area contributed by atoms with Gasteiger partial charge in [-0.1, -0.05) is 245 Å². The fourth-order valence-electron chi connectivity index (χ4n) is 7.86. The van der Waals surface area contributed by atoms with Crippen molar-refractivity contribution in [3.63, 3.8) is 0 Å². The molecule has 0 heterocycles. The summed E-state index contributed by atoms with van der Waals surface area (Å²) in [5.41, 5.74) is 0. The van der Waals surface area contributed by atoms with E-state index in [-0.39, 0.29) is 18.5 Å². The van der Waals surface area contributed by atoms with Crippen molar-refractivity contribution in [1.29, 1.82) is 0 Å². The van der Waals surface area contributed by atoms with Gasteiger partial charge in [0.25, 0.3) is 0 Å². The van der Waals surface area contributed by atoms with Crippen LogP contribution in [0.3, 0.4) is 0 Å². The molecule has 0 aromatic carbocycles. The van der Waals surface area contributed by atoms with Crippen LogP contribution in [0.5, 0.6) is 0 Å². The second-order valence-corrected chi connectivity index (χ2v) is 17.8. The number of hydrogen-bond donors (Lipinski definition) is 0. The Hall–Kier alpha value is -1.36. The van der Waals surface area contributed by atoms with Crippen LogP contribution in [0.15, 0.2) is 12.2 Å². The van der Waals surface area contributed by atoms with Gasteiger partial charge in [-0.05, 0) is 44.9 Å². The van der Waals surface area contributed by atoms with E-state index in [1.54, 1.807) is 0 Å². The molecule has 0 amide bonds. The molecule has 0 aliphatic heterocycles. The molecule has 0 aromatic rings. The van der Waals surface area contributed by atoms with Crippen LogP contribution in [0, 0.1) is 0 Å². The lowest BCUT2D eigenvalue weighted by Gasteiger charge is -2.18. The Bertz CT molecular complexity index is 840. The number of allylic oxidation sites excluding steroid dienone is 2. The van der Waals surface area contributed by atoms with E-state index in [1.807, 2.05) is 0 Å². The lowest BCUT2D eigenvalue weighted by molar-refractivity contribution is -0.163. The van der Waals surface area contributed by atoms with E-state index in [0.29, 0.717) is 26.1 Å². The first-order valence-electron chi connectivity index (χ1n) is 26.2. The van der Waals surface area contributed by atoms with Crippen molar-refractivity contribution in [1.82, 2.24) is 0 Å². The molecule has 0 saturated carbocycles. The number of carbonyl (C=O) groups excluding carboxylic acids is 2. The molecule has 0 rings (SSSR count). The van der Waals surface area contributed by atoms with Gasteiger partial charge in [-0.25, -0.2) is 0 Å². The Morgan fingerprint density at radius 2 is 0.672 bits per heavy atom. The first-order chi connectivity index (χ1) is 28.6. The summed E-state index contributed by atoms with van der Waals surface area (Å²) in [5.74, 6) is -0.397. The monoisotopic (exact) mass is 819 g/mol. The summed E-state index contributed by atoms with van der Waals surface area (Å²) in [6.45, 7) is 7.81. The molecule has 1 atom stereocenters. The van der Waals surface area contributed by atoms with Crippen LogP contribution in [-0.4, -0.2) is 37.9 Å². The fourth-order valence-corrected chi connectivity index (χ4v) is 7.86. The summed E-state index contributed by atoms with van der Waals surface area (Å²) in [4.78, 5) is 25.1. The second-order valence-electron chi connectivity index (χ2n) is 17.8. The van der Waals surface area contributed by atoms with E-state index in [4.69, 9.17) is 14.2 Å². The van der Waals surface area contributed by atoms with Gasteiger partial charge >= 0.3 is 11.9 Å². The average molecular weight is 819 g/mol. The molecule has 0 fully saturated rings. The van der Waals surface area contributed by atoms with Gasteiger partial charge in [0, 0.05) is 19.4 Å². The van der Waals surface area contributed by atoms with Gasteiger partial charge < -0.3 is 14.2 Å². The number of hydrogen-bond acceptors (Lipinski definition) is 5. The van der Waals surface area contributed by atoms with Gasteiger partial charge in [0.1, 0.15) is 6.61 Å². The quantitative estimate of drug-likeness (QED) is 0.0348. The highest BCUT2D eigenvalue weighted by molar-refractivity contribution is 5.70. The zero-order valence-corrected chi connectivity index (χ0v) is 39.6. The molecular weight excluding hydrogens is 717 g/mol. The van der Waals surface area contributed by atoms with Crippen LogP contribution < -0.4 is 0 Å². The van der Waals surface area contributed by atoms with Crippen molar-refractivity contribution in [3.05, 3.63) is 12.2 Å². The third-order valence-electron chi connectivity index (χ3n) is 11.8. The summed E-state index contributed by atoms with van der Waals surface area (Å²) in [6.07, 6.45) is 56.9. The Balaban J connectivity index is 3.94. The van der Waals surface area contributed by atoms with Crippen molar-refractivity contribution < 1.29 is 23.8 Å². The molecule has 0 bridgehead atoms. The molecule has 5 heteroatoms. The molecule has 344 valence electrons. The largest absolute Gasteiger partial charge is 0.462 e. The highest BCUT2D eigenvalue weighted by Gasteiger charge is 2.17. The van der Waals surface area contributed by atoms with Crippen LogP contribution in [-0.2, 0) is 23.8 Å². The maximum atomic E-state index is 12.6. The van der Waals surface area contributed by atoms with Crippen molar-refractivity contribution in [2.45, 2.75) is 297 Å². The average Bonchev–Trinajstić information content (AvgIpc) is 3.22. The van der Waals surface area contributed by atoms with Gasteiger partial charge in [-0.2, -0.15) is 0 Å². The lowest BCUT2D eigenvalue weighted by atomic mass is 10.0. The number of unbranched alkanes of at least 4 members (excludes halogenated alkanes) is 36. The molecular formula is C53H102O5. The van der Waals surface area contributed by atoms with E-state index in [2.05, 4.69) is 32.9 Å². The van der Waals surface area contributed by atoms with E-state index in [1.165, 1.54) is 218 Å². The Labute approximate surface area is 363 Å². The summed E-state index contributed by atoms with van der Waals surface area (Å²) in [6, 6.07) is 0. The molecule has 5 nitrogen and oxygen atoms in total. The van der Waals surface area contributed by atoms with Crippen LogP contribution in [0.25, 0.3) is 0 Å². The number of rotatable bonds is 49. The smallest absolute Gasteiger partial charge is 0.306 e. The van der Waals surface area contributed by atoms with Crippen LogP contribution in [0.1, 0.15) is 290 Å². The first-order valence-corrected chi connectivity index (χ1v) is 26.2. The maximum Gasteiger partial charge on any atom is 0.306 e. The molecule has 0 radical (unpaired) electrons. The molecule has 0 N–H and O–H groups in total. The summed E-state index contributed by atoms with van der Waals surface area (Å²) < 4.78 is 17.3. The third-order valence-corrected chi connectivity index (χ3v) is 11.8. The highest BCUT2D eigenvalue weighted by Crippen LogP contribution is 2.16. The van der Waals surface area contributed by atoms with E-state index in [0.717, 1.165) is 38.5 Å². The second kappa shape index (κ2) is 50.0. The third kappa shape index (κ3) is 47.3. The number of ether oxygens (including phenoxy) is 3. The molecule has 1 unspecified atom stereocenters. The molecule has 0 spiro atoms. The molecule has 0 saturated heterocycles. The van der Waals surface area contributed by atoms with E-state index < -0.39 is 6.10 Å². The van der Waals surface area contributed by atoms with Crippen LogP contribution >= 0.6 is 0 Å². The van der Waals surface area contributed by atoms with Gasteiger partial charge in [0.2, 0.25) is 0 Å². The van der Waals surface area contributed by atoms with Crippen molar-refractivity contribution in [2.75, 3.05) is 19.8 Å². The Kier molecular flexibility index (Phi) is 48.8.